The largest absolute Gasteiger partial charge is 0.395 e. The lowest BCUT2D eigenvalue weighted by atomic mass is 9.74. The van der Waals surface area contributed by atoms with E-state index in [0.29, 0.717) is 13.1 Å². The number of aliphatic hydroxyl groups excluding tert-OH is 1. The average molecular weight is 467 g/mol. The Morgan fingerprint density at radius 3 is 2.36 bits per heavy atom. The molecule has 2 aromatic carbocycles. The lowest BCUT2D eigenvalue weighted by molar-refractivity contribution is -0.0554. The van der Waals surface area contributed by atoms with Gasteiger partial charge in [-0.15, -0.1) is 0 Å². The molecule has 0 bridgehead atoms. The first-order chi connectivity index (χ1) is 16.0. The van der Waals surface area contributed by atoms with Gasteiger partial charge in [0.2, 0.25) is 0 Å². The van der Waals surface area contributed by atoms with Crippen LogP contribution in [0.3, 0.4) is 0 Å². The Balaban J connectivity index is 1.42. The van der Waals surface area contributed by atoms with E-state index in [1.807, 2.05) is 18.2 Å². The molecule has 3 aromatic rings. The Hall–Kier alpha value is -2.52. The van der Waals surface area contributed by atoms with E-state index in [-0.39, 0.29) is 29.6 Å². The van der Waals surface area contributed by atoms with Crippen molar-refractivity contribution in [1.82, 2.24) is 18.8 Å². The summed E-state index contributed by atoms with van der Waals surface area (Å²) >= 11 is 0. The molecule has 1 aromatic heterocycles. The number of hydrogen-bond acceptors (Lipinski definition) is 5. The van der Waals surface area contributed by atoms with Crippen molar-refractivity contribution in [1.29, 1.82) is 0 Å². The second kappa shape index (κ2) is 9.02. The molecule has 3 heterocycles. The zero-order valence-corrected chi connectivity index (χ0v) is 19.6. The molecule has 0 amide bonds. The van der Waals surface area contributed by atoms with Crippen LogP contribution in [0.1, 0.15) is 24.3 Å². The SMILES string of the molecule is Cn1cnc(S(=O)(=O)N2CCCCN3[C@H](C2)[C@H](c2ccc(-c4ccccc4)cc2)[C@@H]3CO)c1. The highest BCUT2D eigenvalue weighted by Crippen LogP contribution is 2.42. The van der Waals surface area contributed by atoms with Gasteiger partial charge in [0, 0.05) is 44.3 Å². The molecule has 0 spiro atoms. The van der Waals surface area contributed by atoms with Gasteiger partial charge in [-0.1, -0.05) is 54.6 Å². The number of nitrogens with zero attached hydrogens (tertiary/aromatic N) is 4. The highest BCUT2D eigenvalue weighted by molar-refractivity contribution is 7.89. The first-order valence-electron chi connectivity index (χ1n) is 11.5. The average Bonchev–Trinajstić information content (AvgIpc) is 3.26. The zero-order valence-electron chi connectivity index (χ0n) is 18.8. The molecule has 2 aliphatic heterocycles. The number of benzene rings is 2. The summed E-state index contributed by atoms with van der Waals surface area (Å²) in [4.78, 5) is 6.39. The van der Waals surface area contributed by atoms with E-state index in [1.54, 1.807) is 22.1 Å². The first-order valence-corrected chi connectivity index (χ1v) is 12.9. The predicted octanol–water partition coefficient (Wildman–Crippen LogP) is 2.70. The fourth-order valence-corrected chi connectivity index (χ4v) is 6.77. The minimum Gasteiger partial charge on any atom is -0.395 e. The van der Waals surface area contributed by atoms with Crippen LogP contribution in [0, 0.1) is 0 Å². The van der Waals surface area contributed by atoms with Crippen molar-refractivity contribution in [3.8, 4) is 11.1 Å². The Morgan fingerprint density at radius 1 is 1.00 bits per heavy atom. The third-order valence-corrected chi connectivity index (χ3v) is 8.77. The van der Waals surface area contributed by atoms with Crippen molar-refractivity contribution >= 4 is 10.0 Å². The van der Waals surface area contributed by atoms with E-state index in [2.05, 4.69) is 46.3 Å². The quantitative estimate of drug-likeness (QED) is 0.626. The second-order valence-corrected chi connectivity index (χ2v) is 10.9. The molecule has 2 saturated heterocycles. The van der Waals surface area contributed by atoms with E-state index in [1.165, 1.54) is 6.33 Å². The minimum absolute atomic E-state index is 0.00933. The third-order valence-electron chi connectivity index (χ3n) is 7.02. The molecule has 33 heavy (non-hydrogen) atoms. The standard InChI is InChI=1S/C25H30N4O3S/c1-27-16-24(26-18-27)33(31,32)28-13-5-6-14-29-22(15-28)25(23(29)17-30)21-11-9-20(10-12-21)19-7-3-2-4-8-19/h2-4,7-12,16,18,22-23,25,30H,5-6,13-15,17H2,1H3/t22-,23+,25+/m1/s1. The van der Waals surface area contributed by atoms with Crippen LogP contribution in [-0.2, 0) is 17.1 Å². The van der Waals surface area contributed by atoms with E-state index >= 15 is 0 Å². The summed E-state index contributed by atoms with van der Waals surface area (Å²) in [5.74, 6) is 0.0827. The van der Waals surface area contributed by atoms with Crippen molar-refractivity contribution in [2.45, 2.75) is 35.9 Å². The third kappa shape index (κ3) is 4.12. The van der Waals surface area contributed by atoms with Gasteiger partial charge in [-0.3, -0.25) is 4.90 Å². The topological polar surface area (TPSA) is 78.7 Å². The van der Waals surface area contributed by atoms with E-state index in [9.17, 15) is 13.5 Å². The molecule has 2 fully saturated rings. The van der Waals surface area contributed by atoms with Crippen molar-refractivity contribution in [2.75, 3.05) is 26.2 Å². The molecule has 5 rings (SSSR count). The number of fused-ring (bicyclic) bond motifs is 1. The van der Waals surface area contributed by atoms with Gasteiger partial charge in [0.05, 0.1) is 12.9 Å². The van der Waals surface area contributed by atoms with Crippen LogP contribution in [0.15, 0.2) is 72.1 Å². The van der Waals surface area contributed by atoms with Crippen molar-refractivity contribution in [2.24, 2.45) is 7.05 Å². The molecule has 2 aliphatic rings. The fraction of sp³-hybridized carbons (Fsp3) is 0.400. The summed E-state index contributed by atoms with van der Waals surface area (Å²) in [6.45, 7) is 1.84. The minimum atomic E-state index is -3.66. The Kier molecular flexibility index (Phi) is 6.09. The normalized spacial score (nSPS) is 24.5. The highest BCUT2D eigenvalue weighted by Gasteiger charge is 2.50. The maximum atomic E-state index is 13.3. The fourth-order valence-electron chi connectivity index (χ4n) is 5.31. The molecule has 8 heteroatoms. The zero-order chi connectivity index (χ0) is 23.0. The van der Waals surface area contributed by atoms with Gasteiger partial charge in [0.15, 0.2) is 5.03 Å². The number of rotatable bonds is 5. The van der Waals surface area contributed by atoms with Crippen LogP contribution in [0.25, 0.3) is 11.1 Å². The first kappa shape index (κ1) is 22.3. The molecule has 0 unspecified atom stereocenters. The molecule has 1 N–H and O–H groups in total. The molecule has 0 radical (unpaired) electrons. The van der Waals surface area contributed by atoms with Gasteiger partial charge >= 0.3 is 0 Å². The van der Waals surface area contributed by atoms with Gasteiger partial charge in [-0.05, 0) is 36.1 Å². The van der Waals surface area contributed by atoms with Crippen molar-refractivity contribution in [3.63, 3.8) is 0 Å². The number of hydrogen-bond donors (Lipinski definition) is 1. The summed E-state index contributed by atoms with van der Waals surface area (Å²) in [7, 11) is -1.89. The molecule has 7 nitrogen and oxygen atoms in total. The molecule has 0 aliphatic carbocycles. The summed E-state index contributed by atoms with van der Waals surface area (Å²) in [5, 5.41) is 10.3. The van der Waals surface area contributed by atoms with E-state index in [4.69, 9.17) is 0 Å². The van der Waals surface area contributed by atoms with Gasteiger partial charge in [-0.2, -0.15) is 4.31 Å². The smallest absolute Gasteiger partial charge is 0.262 e. The number of aromatic nitrogens is 2. The van der Waals surface area contributed by atoms with E-state index < -0.39 is 10.0 Å². The number of sulfonamides is 1. The van der Waals surface area contributed by atoms with Gasteiger partial charge in [0.1, 0.15) is 0 Å². The molecule has 3 atom stereocenters. The van der Waals surface area contributed by atoms with Crippen LogP contribution in [0.4, 0.5) is 0 Å². The summed E-state index contributed by atoms with van der Waals surface area (Å²) in [5.41, 5.74) is 3.45. The van der Waals surface area contributed by atoms with Gasteiger partial charge in [-0.25, -0.2) is 13.4 Å². The van der Waals surface area contributed by atoms with Crippen LogP contribution >= 0.6 is 0 Å². The molecule has 174 valence electrons. The Labute approximate surface area is 195 Å². The van der Waals surface area contributed by atoms with Crippen LogP contribution in [0.2, 0.25) is 0 Å². The van der Waals surface area contributed by atoms with Crippen LogP contribution in [-0.4, -0.2) is 70.6 Å². The van der Waals surface area contributed by atoms with Crippen LogP contribution in [0.5, 0.6) is 0 Å². The molecule has 0 saturated carbocycles. The van der Waals surface area contributed by atoms with Crippen molar-refractivity contribution < 1.29 is 13.5 Å². The number of aliphatic hydroxyl groups is 1. The summed E-state index contributed by atoms with van der Waals surface area (Å²) in [6, 6.07) is 18.8. The maximum absolute atomic E-state index is 13.3. The summed E-state index contributed by atoms with van der Waals surface area (Å²) in [6.07, 6.45) is 4.78. The monoisotopic (exact) mass is 466 g/mol. The van der Waals surface area contributed by atoms with Crippen molar-refractivity contribution in [3.05, 3.63) is 72.7 Å². The Bertz CT molecular complexity index is 1190. The number of imidazole rings is 1. The second-order valence-electron chi connectivity index (χ2n) is 9.02. The lowest BCUT2D eigenvalue weighted by Crippen LogP contribution is -2.67. The lowest BCUT2D eigenvalue weighted by Gasteiger charge is -2.57. The predicted molar refractivity (Wildman–Crippen MR) is 127 cm³/mol. The molecular formula is C25H30N4O3S. The molecular weight excluding hydrogens is 436 g/mol. The number of aryl methyl sites for hydroxylation is 1. The van der Waals surface area contributed by atoms with E-state index in [0.717, 1.165) is 36.1 Å². The van der Waals surface area contributed by atoms with Crippen LogP contribution < -0.4 is 0 Å². The summed E-state index contributed by atoms with van der Waals surface area (Å²) < 4.78 is 29.9. The Morgan fingerprint density at radius 2 is 1.70 bits per heavy atom. The highest BCUT2D eigenvalue weighted by atomic mass is 32.2. The van der Waals surface area contributed by atoms with Gasteiger partial charge < -0.3 is 9.67 Å². The maximum Gasteiger partial charge on any atom is 0.262 e. The van der Waals surface area contributed by atoms with Gasteiger partial charge in [0.25, 0.3) is 10.0 Å².